The van der Waals surface area contributed by atoms with Crippen LogP contribution in [-0.4, -0.2) is 36.5 Å². The van der Waals surface area contributed by atoms with Gasteiger partial charge in [-0.15, -0.1) is 0 Å². The van der Waals surface area contributed by atoms with Crippen molar-refractivity contribution < 1.29 is 4.79 Å². The molecule has 0 aliphatic rings. The molecule has 0 saturated heterocycles. The highest BCUT2D eigenvalue weighted by molar-refractivity contribution is 6.32. The van der Waals surface area contributed by atoms with E-state index in [1.807, 2.05) is 6.92 Å². The SMILES string of the molecule is CNC(=O)C(C)CN(C)c1ncnc(Cl)c1N. The van der Waals surface area contributed by atoms with Gasteiger partial charge in [0.25, 0.3) is 0 Å². The standard InChI is InChI=1S/C10H16ClN5O/c1-6(10(17)13-2)4-16(3)9-7(12)8(11)14-5-15-9/h5-6H,4,12H2,1-3H3,(H,13,17). The summed E-state index contributed by atoms with van der Waals surface area (Å²) in [5, 5.41) is 2.81. The molecule has 0 aliphatic carbocycles. The molecular formula is C10H16ClN5O. The molecule has 3 N–H and O–H groups in total. The van der Waals surface area contributed by atoms with Crippen LogP contribution in [0.15, 0.2) is 6.33 Å². The minimum Gasteiger partial charge on any atom is -0.393 e. The molecule has 0 fully saturated rings. The van der Waals surface area contributed by atoms with Gasteiger partial charge in [-0.1, -0.05) is 18.5 Å². The van der Waals surface area contributed by atoms with Crippen LogP contribution >= 0.6 is 11.6 Å². The molecule has 0 bridgehead atoms. The van der Waals surface area contributed by atoms with Crippen molar-refractivity contribution in [2.45, 2.75) is 6.92 Å². The van der Waals surface area contributed by atoms with E-state index in [-0.39, 0.29) is 17.0 Å². The molecule has 0 aliphatic heterocycles. The van der Waals surface area contributed by atoms with Crippen LogP contribution in [-0.2, 0) is 4.79 Å². The number of nitrogens with zero attached hydrogens (tertiary/aromatic N) is 3. The highest BCUT2D eigenvalue weighted by atomic mass is 35.5. The summed E-state index contributed by atoms with van der Waals surface area (Å²) in [5.41, 5.74) is 6.09. The number of nitrogen functional groups attached to an aromatic ring is 1. The smallest absolute Gasteiger partial charge is 0.224 e. The van der Waals surface area contributed by atoms with E-state index in [2.05, 4.69) is 15.3 Å². The summed E-state index contributed by atoms with van der Waals surface area (Å²) >= 11 is 5.80. The number of nitrogens with one attached hydrogen (secondary N) is 1. The Kier molecular flexibility index (Phi) is 4.51. The van der Waals surface area contributed by atoms with Crippen LogP contribution in [0, 0.1) is 5.92 Å². The maximum absolute atomic E-state index is 11.4. The zero-order valence-corrected chi connectivity index (χ0v) is 10.8. The quantitative estimate of drug-likeness (QED) is 0.769. The lowest BCUT2D eigenvalue weighted by molar-refractivity contribution is -0.123. The van der Waals surface area contributed by atoms with Crippen molar-refractivity contribution in [3.8, 4) is 0 Å². The molecule has 0 aromatic carbocycles. The van der Waals surface area contributed by atoms with Gasteiger partial charge in [-0.2, -0.15) is 0 Å². The van der Waals surface area contributed by atoms with Gasteiger partial charge in [0.2, 0.25) is 5.91 Å². The van der Waals surface area contributed by atoms with Crippen LogP contribution in [0.1, 0.15) is 6.92 Å². The molecule has 1 atom stereocenters. The molecule has 1 rings (SSSR count). The zero-order chi connectivity index (χ0) is 13.0. The number of halogens is 1. The van der Waals surface area contributed by atoms with Crippen molar-refractivity contribution in [1.82, 2.24) is 15.3 Å². The summed E-state index contributed by atoms with van der Waals surface area (Å²) in [4.78, 5) is 21.0. The van der Waals surface area contributed by atoms with Crippen molar-refractivity contribution >= 4 is 29.0 Å². The molecule has 1 unspecified atom stereocenters. The summed E-state index contributed by atoms with van der Waals surface area (Å²) in [6.07, 6.45) is 1.34. The fourth-order valence-electron chi connectivity index (χ4n) is 1.50. The van der Waals surface area contributed by atoms with E-state index in [1.54, 1.807) is 19.0 Å². The van der Waals surface area contributed by atoms with Crippen LogP contribution in [0.5, 0.6) is 0 Å². The van der Waals surface area contributed by atoms with Crippen molar-refractivity contribution in [3.05, 3.63) is 11.5 Å². The minimum absolute atomic E-state index is 0.0319. The van der Waals surface area contributed by atoms with E-state index in [0.29, 0.717) is 18.1 Å². The number of carbonyl (C=O) groups is 1. The molecule has 1 aromatic heterocycles. The summed E-state index contributed by atoms with van der Waals surface area (Å²) in [7, 11) is 3.41. The normalized spacial score (nSPS) is 12.0. The van der Waals surface area contributed by atoms with Crippen LogP contribution < -0.4 is 16.0 Å². The van der Waals surface area contributed by atoms with Gasteiger partial charge in [0.15, 0.2) is 11.0 Å². The van der Waals surface area contributed by atoms with Gasteiger partial charge < -0.3 is 16.0 Å². The predicted octanol–water partition coefficient (Wildman–Crippen LogP) is 0.531. The summed E-state index contributed by atoms with van der Waals surface area (Å²) < 4.78 is 0. The Bertz CT molecular complexity index is 412. The van der Waals surface area contributed by atoms with Gasteiger partial charge in [-0.3, -0.25) is 4.79 Å². The van der Waals surface area contributed by atoms with Gasteiger partial charge in [-0.25, -0.2) is 9.97 Å². The molecule has 0 spiro atoms. The van der Waals surface area contributed by atoms with Crippen LogP contribution in [0.3, 0.4) is 0 Å². The fourth-order valence-corrected chi connectivity index (χ4v) is 1.62. The lowest BCUT2D eigenvalue weighted by atomic mass is 10.1. The molecule has 0 radical (unpaired) electrons. The zero-order valence-electron chi connectivity index (χ0n) is 10.1. The molecular weight excluding hydrogens is 242 g/mol. The van der Waals surface area contributed by atoms with Crippen molar-refractivity contribution in [1.29, 1.82) is 0 Å². The van der Waals surface area contributed by atoms with E-state index in [9.17, 15) is 4.79 Å². The lowest BCUT2D eigenvalue weighted by Gasteiger charge is -2.22. The number of anilines is 2. The molecule has 7 heteroatoms. The maximum Gasteiger partial charge on any atom is 0.224 e. The van der Waals surface area contributed by atoms with Gasteiger partial charge in [0, 0.05) is 20.6 Å². The monoisotopic (exact) mass is 257 g/mol. The molecule has 1 aromatic rings. The Morgan fingerprint density at radius 2 is 2.29 bits per heavy atom. The van der Waals surface area contributed by atoms with Crippen molar-refractivity contribution in [2.24, 2.45) is 5.92 Å². The van der Waals surface area contributed by atoms with Crippen LogP contribution in [0.2, 0.25) is 5.15 Å². The minimum atomic E-state index is -0.168. The van der Waals surface area contributed by atoms with E-state index in [1.165, 1.54) is 6.33 Å². The molecule has 1 heterocycles. The number of hydrogen-bond donors (Lipinski definition) is 2. The Morgan fingerprint density at radius 3 is 2.88 bits per heavy atom. The topological polar surface area (TPSA) is 84.1 Å². The second-order valence-electron chi connectivity index (χ2n) is 3.80. The number of nitrogens with two attached hydrogens (primary N) is 1. The number of aromatic nitrogens is 2. The average Bonchev–Trinajstić information content (AvgIpc) is 2.31. The van der Waals surface area contributed by atoms with E-state index in [4.69, 9.17) is 17.3 Å². The Morgan fingerprint density at radius 1 is 1.65 bits per heavy atom. The first-order valence-electron chi connectivity index (χ1n) is 5.16. The van der Waals surface area contributed by atoms with Crippen LogP contribution in [0.25, 0.3) is 0 Å². The van der Waals surface area contributed by atoms with E-state index >= 15 is 0 Å². The molecule has 94 valence electrons. The van der Waals surface area contributed by atoms with Gasteiger partial charge in [0.1, 0.15) is 12.0 Å². The van der Waals surface area contributed by atoms with Gasteiger partial charge in [-0.05, 0) is 0 Å². The summed E-state index contributed by atoms with van der Waals surface area (Å²) in [5.74, 6) is 0.328. The number of amides is 1. The molecule has 0 saturated carbocycles. The van der Waals surface area contributed by atoms with Crippen molar-refractivity contribution in [3.63, 3.8) is 0 Å². The number of rotatable bonds is 4. The third kappa shape index (κ3) is 3.20. The first-order chi connectivity index (χ1) is 7.97. The second-order valence-corrected chi connectivity index (χ2v) is 4.16. The van der Waals surface area contributed by atoms with Crippen molar-refractivity contribution in [2.75, 3.05) is 31.3 Å². The van der Waals surface area contributed by atoms with Gasteiger partial charge >= 0.3 is 0 Å². The highest BCUT2D eigenvalue weighted by Crippen LogP contribution is 2.25. The molecule has 6 nitrogen and oxygen atoms in total. The summed E-state index contributed by atoms with van der Waals surface area (Å²) in [6, 6.07) is 0. The maximum atomic E-state index is 11.4. The predicted molar refractivity (Wildman–Crippen MR) is 68.0 cm³/mol. The average molecular weight is 258 g/mol. The van der Waals surface area contributed by atoms with E-state index < -0.39 is 0 Å². The molecule has 17 heavy (non-hydrogen) atoms. The number of carbonyl (C=O) groups excluding carboxylic acids is 1. The fraction of sp³-hybridized carbons (Fsp3) is 0.500. The van der Waals surface area contributed by atoms with Gasteiger partial charge in [0.05, 0.1) is 5.92 Å². The third-order valence-electron chi connectivity index (χ3n) is 2.42. The number of hydrogen-bond acceptors (Lipinski definition) is 5. The Balaban J connectivity index is 2.80. The Labute approximate surface area is 105 Å². The largest absolute Gasteiger partial charge is 0.393 e. The molecule has 1 amide bonds. The van der Waals surface area contributed by atoms with Crippen LogP contribution in [0.4, 0.5) is 11.5 Å². The second kappa shape index (κ2) is 5.67. The third-order valence-corrected chi connectivity index (χ3v) is 2.72. The first kappa shape index (κ1) is 13.5. The lowest BCUT2D eigenvalue weighted by Crippen LogP contribution is -2.35. The van der Waals surface area contributed by atoms with E-state index in [0.717, 1.165) is 0 Å². The first-order valence-corrected chi connectivity index (χ1v) is 5.53. The highest BCUT2D eigenvalue weighted by Gasteiger charge is 2.17. The summed E-state index contributed by atoms with van der Waals surface area (Å²) in [6.45, 7) is 2.32. The Hall–Kier alpha value is -1.56.